The number of ketones is 1. The van der Waals surface area contributed by atoms with Crippen molar-refractivity contribution in [2.24, 2.45) is 0 Å². The molecule has 3 unspecified atom stereocenters. The Kier molecular flexibility index (Phi) is 8.16. The lowest BCUT2D eigenvalue weighted by Crippen LogP contribution is -2.54. The predicted molar refractivity (Wildman–Crippen MR) is 68.1 cm³/mol. The van der Waals surface area contributed by atoms with Crippen molar-refractivity contribution in [3.63, 3.8) is 0 Å². The first kappa shape index (κ1) is 17.9. The minimum Gasteiger partial charge on any atom is -0.394 e. The van der Waals surface area contributed by atoms with Crippen molar-refractivity contribution in [2.45, 2.75) is 55.4 Å². The van der Waals surface area contributed by atoms with E-state index in [0.29, 0.717) is 6.42 Å². The molecule has 0 aromatic heterocycles. The number of aliphatic hydroxyl groups excluding tert-OH is 4. The van der Waals surface area contributed by atoms with E-state index in [-0.39, 0.29) is 6.42 Å². The Labute approximate surface area is 114 Å². The number of hydrogen-bond acceptors (Lipinski definition) is 6. The highest BCUT2D eigenvalue weighted by Gasteiger charge is 2.45. The number of alkyl halides is 1. The largest absolute Gasteiger partial charge is 0.394 e. The summed E-state index contributed by atoms with van der Waals surface area (Å²) in [4.78, 5) is 11.7. The minimum atomic E-state index is -2.32. The number of unbranched alkanes of at least 4 members (excludes halogenated alkanes) is 2. The van der Waals surface area contributed by atoms with Gasteiger partial charge in [-0.25, -0.2) is 0 Å². The van der Waals surface area contributed by atoms with Crippen molar-refractivity contribution in [1.29, 1.82) is 0 Å². The molecule has 0 heterocycles. The van der Waals surface area contributed by atoms with Gasteiger partial charge in [0.2, 0.25) is 4.51 Å². The summed E-state index contributed by atoms with van der Waals surface area (Å²) in [6, 6.07) is 0. The standard InChI is InChI=1S/C11H21BrO6/c1-2-3-4-5-8(15)11(12,18)10(17)9(16)7(14)6-13/h7,9-10,13-14,16-18H,2-6H2,1H3/t7?,9?,10?,11-/m1/s1. The monoisotopic (exact) mass is 328 g/mol. The molecule has 0 saturated carbocycles. The normalized spacial score (nSPS) is 19.9. The van der Waals surface area contributed by atoms with E-state index < -0.39 is 35.2 Å². The lowest BCUT2D eigenvalue weighted by atomic mass is 9.97. The first-order valence-electron chi connectivity index (χ1n) is 5.88. The fourth-order valence-corrected chi connectivity index (χ4v) is 1.89. The van der Waals surface area contributed by atoms with Gasteiger partial charge in [0, 0.05) is 6.42 Å². The quantitative estimate of drug-likeness (QED) is 0.282. The molecule has 18 heavy (non-hydrogen) atoms. The molecule has 0 amide bonds. The summed E-state index contributed by atoms with van der Waals surface area (Å²) in [7, 11) is 0. The summed E-state index contributed by atoms with van der Waals surface area (Å²) >= 11 is 2.67. The lowest BCUT2D eigenvalue weighted by Gasteiger charge is -2.31. The second-order valence-electron chi connectivity index (χ2n) is 4.24. The van der Waals surface area contributed by atoms with E-state index in [1.807, 2.05) is 6.92 Å². The fourth-order valence-electron chi connectivity index (χ4n) is 1.42. The van der Waals surface area contributed by atoms with Crippen LogP contribution >= 0.6 is 15.9 Å². The van der Waals surface area contributed by atoms with Crippen molar-refractivity contribution in [2.75, 3.05) is 6.61 Å². The molecule has 0 aliphatic heterocycles. The number of hydrogen-bond donors (Lipinski definition) is 5. The van der Waals surface area contributed by atoms with Gasteiger partial charge in [0.05, 0.1) is 6.61 Å². The highest BCUT2D eigenvalue weighted by Crippen LogP contribution is 2.26. The molecule has 0 radical (unpaired) electrons. The van der Waals surface area contributed by atoms with Gasteiger partial charge in [0.15, 0.2) is 5.78 Å². The summed E-state index contributed by atoms with van der Waals surface area (Å²) in [5.74, 6) is -0.673. The molecule has 0 fully saturated rings. The summed E-state index contributed by atoms with van der Waals surface area (Å²) in [5.41, 5.74) is 0. The van der Waals surface area contributed by atoms with Crippen LogP contribution in [0.5, 0.6) is 0 Å². The molecule has 0 spiro atoms. The third-order valence-electron chi connectivity index (χ3n) is 2.70. The van der Waals surface area contributed by atoms with Gasteiger partial charge in [0.1, 0.15) is 18.3 Å². The van der Waals surface area contributed by atoms with Crippen molar-refractivity contribution in [3.8, 4) is 0 Å². The van der Waals surface area contributed by atoms with Gasteiger partial charge in [-0.1, -0.05) is 19.8 Å². The van der Waals surface area contributed by atoms with Gasteiger partial charge >= 0.3 is 0 Å². The molecule has 0 aromatic rings. The molecule has 4 atom stereocenters. The highest BCUT2D eigenvalue weighted by molar-refractivity contribution is 9.10. The maximum atomic E-state index is 11.7. The van der Waals surface area contributed by atoms with Crippen LogP contribution < -0.4 is 0 Å². The molecule has 6 nitrogen and oxygen atoms in total. The number of Topliss-reactive ketones (excluding diaryl/α,β-unsaturated/α-hetero) is 1. The van der Waals surface area contributed by atoms with Gasteiger partial charge in [-0.15, -0.1) is 0 Å². The van der Waals surface area contributed by atoms with Crippen molar-refractivity contribution < 1.29 is 30.3 Å². The van der Waals surface area contributed by atoms with E-state index in [0.717, 1.165) is 12.8 Å². The third-order valence-corrected chi connectivity index (χ3v) is 3.61. The van der Waals surface area contributed by atoms with Crippen LogP contribution in [0.2, 0.25) is 0 Å². The predicted octanol–water partition coefficient (Wildman–Crippen LogP) is -0.706. The van der Waals surface area contributed by atoms with Gasteiger partial charge in [0.25, 0.3) is 0 Å². The molecule has 5 N–H and O–H groups in total. The van der Waals surface area contributed by atoms with Crippen molar-refractivity contribution in [1.82, 2.24) is 0 Å². The van der Waals surface area contributed by atoms with Crippen LogP contribution in [0.25, 0.3) is 0 Å². The number of halogens is 1. The summed E-state index contributed by atoms with van der Waals surface area (Å²) < 4.78 is -2.32. The Morgan fingerprint density at radius 3 is 2.28 bits per heavy atom. The number of carbonyl (C=O) groups is 1. The van der Waals surface area contributed by atoms with Gasteiger partial charge in [-0.2, -0.15) is 0 Å². The zero-order valence-electron chi connectivity index (χ0n) is 10.3. The van der Waals surface area contributed by atoms with E-state index in [4.69, 9.17) is 10.2 Å². The fraction of sp³-hybridized carbons (Fsp3) is 0.909. The maximum absolute atomic E-state index is 11.7. The van der Waals surface area contributed by atoms with Crippen LogP contribution in [-0.4, -0.2) is 60.7 Å². The molecule has 0 aromatic carbocycles. The Bertz CT molecular complexity index is 258. The third kappa shape index (κ3) is 4.91. The molecule has 0 aliphatic carbocycles. The van der Waals surface area contributed by atoms with Crippen LogP contribution in [-0.2, 0) is 4.79 Å². The number of aliphatic hydroxyl groups is 5. The SMILES string of the molecule is CCCCCC(=O)[C@](O)(Br)C(O)C(O)C(O)CO. The summed E-state index contributed by atoms with van der Waals surface area (Å²) in [6.45, 7) is 1.17. The molecule has 0 rings (SSSR count). The van der Waals surface area contributed by atoms with Gasteiger partial charge in [-0.3, -0.25) is 4.79 Å². The molecule has 0 aliphatic rings. The second-order valence-corrected chi connectivity index (χ2v) is 5.45. The molecular formula is C11H21BrO6. The van der Waals surface area contributed by atoms with Crippen molar-refractivity contribution in [3.05, 3.63) is 0 Å². The molecule has 0 bridgehead atoms. The van der Waals surface area contributed by atoms with Gasteiger partial charge < -0.3 is 25.5 Å². The smallest absolute Gasteiger partial charge is 0.206 e. The second kappa shape index (κ2) is 8.19. The van der Waals surface area contributed by atoms with Crippen LogP contribution in [0.1, 0.15) is 32.6 Å². The zero-order valence-corrected chi connectivity index (χ0v) is 11.9. The Hall–Kier alpha value is -0.0500. The van der Waals surface area contributed by atoms with Crippen LogP contribution in [0.4, 0.5) is 0 Å². The van der Waals surface area contributed by atoms with Crippen molar-refractivity contribution >= 4 is 21.7 Å². The number of rotatable bonds is 9. The molecule has 0 saturated heterocycles. The first-order valence-corrected chi connectivity index (χ1v) is 6.67. The first-order chi connectivity index (χ1) is 8.28. The van der Waals surface area contributed by atoms with Crippen LogP contribution in [0.3, 0.4) is 0 Å². The zero-order chi connectivity index (χ0) is 14.3. The lowest BCUT2D eigenvalue weighted by molar-refractivity contribution is -0.152. The van der Waals surface area contributed by atoms with E-state index in [9.17, 15) is 20.1 Å². The molecule has 108 valence electrons. The average Bonchev–Trinajstić information content (AvgIpc) is 2.35. The van der Waals surface area contributed by atoms with E-state index in [1.54, 1.807) is 0 Å². The van der Waals surface area contributed by atoms with Crippen LogP contribution in [0.15, 0.2) is 0 Å². The average molecular weight is 329 g/mol. The van der Waals surface area contributed by atoms with Gasteiger partial charge in [-0.05, 0) is 22.4 Å². The Morgan fingerprint density at radius 2 is 1.83 bits per heavy atom. The van der Waals surface area contributed by atoms with E-state index >= 15 is 0 Å². The van der Waals surface area contributed by atoms with Crippen LogP contribution in [0, 0.1) is 0 Å². The molecule has 7 heteroatoms. The van der Waals surface area contributed by atoms with E-state index in [2.05, 4.69) is 15.9 Å². The summed E-state index contributed by atoms with van der Waals surface area (Å²) in [6.07, 6.45) is -3.05. The highest BCUT2D eigenvalue weighted by atomic mass is 79.9. The number of carbonyl (C=O) groups excluding carboxylic acids is 1. The Morgan fingerprint density at radius 1 is 1.28 bits per heavy atom. The maximum Gasteiger partial charge on any atom is 0.206 e. The summed E-state index contributed by atoms with van der Waals surface area (Å²) in [5, 5.41) is 46.7. The molecular weight excluding hydrogens is 308 g/mol. The van der Waals surface area contributed by atoms with E-state index in [1.165, 1.54) is 0 Å². The topological polar surface area (TPSA) is 118 Å². The Balaban J connectivity index is 4.54. The minimum absolute atomic E-state index is 0.0502.